The minimum Gasteiger partial charge on any atom is -0.469 e. The second kappa shape index (κ2) is 13.2. The molecule has 0 unspecified atom stereocenters. The van der Waals surface area contributed by atoms with Gasteiger partial charge in [0.05, 0.1) is 13.7 Å². The van der Waals surface area contributed by atoms with Crippen LogP contribution in [-0.2, 0) is 14.3 Å². The first-order chi connectivity index (χ1) is 8.31. The molecule has 0 atom stereocenters. The summed E-state index contributed by atoms with van der Waals surface area (Å²) in [6.07, 6.45) is 11.3. The lowest BCUT2D eigenvalue weighted by molar-refractivity contribution is -0.140. The zero-order chi connectivity index (χ0) is 12.8. The number of carbonyl (C=O) groups excluding carboxylic acids is 1. The standard InChI is InChI=1S/C14H26O3/c1-3-4-12-17-13-10-8-6-5-7-9-11-14(15)16-2/h8,10H,3-7,9,11-13H2,1-2H3/b10-8+. The van der Waals surface area contributed by atoms with Crippen LogP contribution in [0.25, 0.3) is 0 Å². The predicted molar refractivity (Wildman–Crippen MR) is 70.0 cm³/mol. The first-order valence-corrected chi connectivity index (χ1v) is 6.60. The van der Waals surface area contributed by atoms with Gasteiger partial charge in [-0.1, -0.05) is 31.9 Å². The Morgan fingerprint density at radius 3 is 2.65 bits per heavy atom. The summed E-state index contributed by atoms with van der Waals surface area (Å²) in [4.78, 5) is 10.8. The van der Waals surface area contributed by atoms with Crippen molar-refractivity contribution in [1.29, 1.82) is 0 Å². The molecular formula is C14H26O3. The van der Waals surface area contributed by atoms with E-state index in [1.807, 2.05) is 0 Å². The van der Waals surface area contributed by atoms with E-state index in [0.29, 0.717) is 6.42 Å². The van der Waals surface area contributed by atoms with E-state index >= 15 is 0 Å². The van der Waals surface area contributed by atoms with Gasteiger partial charge in [0.15, 0.2) is 0 Å². The predicted octanol–water partition coefficient (Wildman–Crippen LogP) is 3.48. The van der Waals surface area contributed by atoms with Crippen molar-refractivity contribution in [2.24, 2.45) is 0 Å². The van der Waals surface area contributed by atoms with E-state index in [0.717, 1.165) is 45.3 Å². The van der Waals surface area contributed by atoms with E-state index in [2.05, 4.69) is 23.8 Å². The van der Waals surface area contributed by atoms with Gasteiger partial charge in [-0.05, 0) is 25.7 Å². The SMILES string of the molecule is CCCCOC/C=C/CCCCCC(=O)OC. The van der Waals surface area contributed by atoms with Crippen LogP contribution in [0.4, 0.5) is 0 Å². The van der Waals surface area contributed by atoms with Gasteiger partial charge in [0.1, 0.15) is 0 Å². The second-order valence-electron chi connectivity index (χ2n) is 4.08. The van der Waals surface area contributed by atoms with Crippen LogP contribution < -0.4 is 0 Å². The van der Waals surface area contributed by atoms with E-state index in [9.17, 15) is 4.79 Å². The number of esters is 1. The lowest BCUT2D eigenvalue weighted by Gasteiger charge is -1.99. The first-order valence-electron chi connectivity index (χ1n) is 6.60. The second-order valence-corrected chi connectivity index (χ2v) is 4.08. The quantitative estimate of drug-likeness (QED) is 0.316. The normalized spacial score (nSPS) is 10.9. The van der Waals surface area contributed by atoms with Crippen molar-refractivity contribution in [3.05, 3.63) is 12.2 Å². The van der Waals surface area contributed by atoms with Gasteiger partial charge in [-0.25, -0.2) is 0 Å². The Morgan fingerprint density at radius 2 is 1.94 bits per heavy atom. The van der Waals surface area contributed by atoms with Crippen LogP contribution in [0.1, 0.15) is 51.9 Å². The minimum atomic E-state index is -0.107. The molecule has 0 radical (unpaired) electrons. The molecule has 0 aliphatic heterocycles. The molecule has 3 heteroatoms. The largest absolute Gasteiger partial charge is 0.469 e. The van der Waals surface area contributed by atoms with Crippen molar-refractivity contribution in [2.75, 3.05) is 20.3 Å². The van der Waals surface area contributed by atoms with Gasteiger partial charge in [0.25, 0.3) is 0 Å². The summed E-state index contributed by atoms with van der Waals surface area (Å²) in [6.45, 7) is 3.75. The highest BCUT2D eigenvalue weighted by Gasteiger charge is 1.97. The molecule has 0 amide bonds. The van der Waals surface area contributed by atoms with Gasteiger partial charge in [0.2, 0.25) is 0 Å². The van der Waals surface area contributed by atoms with Crippen molar-refractivity contribution in [2.45, 2.75) is 51.9 Å². The fourth-order valence-electron chi connectivity index (χ4n) is 1.39. The number of hydrogen-bond donors (Lipinski definition) is 0. The lowest BCUT2D eigenvalue weighted by Crippen LogP contribution is -1.98. The number of allylic oxidation sites excluding steroid dienone is 1. The zero-order valence-electron chi connectivity index (χ0n) is 11.2. The summed E-state index contributed by atoms with van der Waals surface area (Å²) < 4.78 is 9.97. The van der Waals surface area contributed by atoms with Crippen LogP contribution in [0.5, 0.6) is 0 Å². The van der Waals surface area contributed by atoms with Gasteiger partial charge < -0.3 is 9.47 Å². The van der Waals surface area contributed by atoms with Gasteiger partial charge in [0, 0.05) is 13.0 Å². The number of ether oxygens (including phenoxy) is 2. The van der Waals surface area contributed by atoms with Crippen LogP contribution in [-0.4, -0.2) is 26.3 Å². The Bertz CT molecular complexity index is 200. The molecule has 0 aromatic rings. The molecule has 0 bridgehead atoms. The van der Waals surface area contributed by atoms with Crippen molar-refractivity contribution in [3.8, 4) is 0 Å². The smallest absolute Gasteiger partial charge is 0.305 e. The average Bonchev–Trinajstić information content (AvgIpc) is 2.35. The number of hydrogen-bond acceptors (Lipinski definition) is 3. The Balaban J connectivity index is 3.11. The van der Waals surface area contributed by atoms with Gasteiger partial charge in [-0.2, -0.15) is 0 Å². The maximum absolute atomic E-state index is 10.8. The van der Waals surface area contributed by atoms with Crippen LogP contribution in [0.2, 0.25) is 0 Å². The molecule has 0 saturated heterocycles. The number of rotatable bonds is 11. The van der Waals surface area contributed by atoms with Crippen LogP contribution in [0.15, 0.2) is 12.2 Å². The number of unbranched alkanes of at least 4 members (excludes halogenated alkanes) is 4. The summed E-state index contributed by atoms with van der Waals surface area (Å²) in [5.41, 5.74) is 0. The topological polar surface area (TPSA) is 35.5 Å². The highest BCUT2D eigenvalue weighted by molar-refractivity contribution is 5.68. The average molecular weight is 242 g/mol. The maximum Gasteiger partial charge on any atom is 0.305 e. The number of methoxy groups -OCH3 is 1. The molecule has 17 heavy (non-hydrogen) atoms. The molecular weight excluding hydrogens is 216 g/mol. The third-order valence-electron chi connectivity index (χ3n) is 2.50. The Labute approximate surface area is 105 Å². The summed E-state index contributed by atoms with van der Waals surface area (Å²) >= 11 is 0. The van der Waals surface area contributed by atoms with Crippen molar-refractivity contribution in [1.82, 2.24) is 0 Å². The van der Waals surface area contributed by atoms with Gasteiger partial charge in [-0.15, -0.1) is 0 Å². The Kier molecular flexibility index (Phi) is 12.6. The third kappa shape index (κ3) is 13.1. The fraction of sp³-hybridized carbons (Fsp3) is 0.786. The van der Waals surface area contributed by atoms with E-state index in [-0.39, 0.29) is 5.97 Å². The summed E-state index contributed by atoms with van der Waals surface area (Å²) in [7, 11) is 1.43. The molecule has 0 saturated carbocycles. The van der Waals surface area contributed by atoms with E-state index in [1.54, 1.807) is 0 Å². The molecule has 0 fully saturated rings. The molecule has 0 rings (SSSR count). The van der Waals surface area contributed by atoms with E-state index < -0.39 is 0 Å². The highest BCUT2D eigenvalue weighted by Crippen LogP contribution is 2.04. The summed E-state index contributed by atoms with van der Waals surface area (Å²) in [5, 5.41) is 0. The highest BCUT2D eigenvalue weighted by atomic mass is 16.5. The zero-order valence-corrected chi connectivity index (χ0v) is 11.2. The molecule has 0 spiro atoms. The molecule has 0 heterocycles. The summed E-state index contributed by atoms with van der Waals surface area (Å²) in [6, 6.07) is 0. The first kappa shape index (κ1) is 16.2. The molecule has 0 aromatic heterocycles. The van der Waals surface area contributed by atoms with Crippen molar-refractivity contribution < 1.29 is 14.3 Å². The number of carbonyl (C=O) groups is 1. The van der Waals surface area contributed by atoms with E-state index in [1.165, 1.54) is 13.5 Å². The van der Waals surface area contributed by atoms with Crippen molar-refractivity contribution in [3.63, 3.8) is 0 Å². The van der Waals surface area contributed by atoms with Crippen molar-refractivity contribution >= 4 is 5.97 Å². The van der Waals surface area contributed by atoms with Crippen LogP contribution >= 0.6 is 0 Å². The van der Waals surface area contributed by atoms with Gasteiger partial charge >= 0.3 is 5.97 Å². The summed E-state index contributed by atoms with van der Waals surface area (Å²) in [5.74, 6) is -0.107. The Morgan fingerprint density at radius 1 is 1.12 bits per heavy atom. The minimum absolute atomic E-state index is 0.107. The molecule has 0 aliphatic rings. The third-order valence-corrected chi connectivity index (χ3v) is 2.50. The molecule has 0 aliphatic carbocycles. The fourth-order valence-corrected chi connectivity index (χ4v) is 1.39. The van der Waals surface area contributed by atoms with Crippen LogP contribution in [0.3, 0.4) is 0 Å². The Hall–Kier alpha value is -0.830. The molecule has 100 valence electrons. The lowest BCUT2D eigenvalue weighted by atomic mass is 10.1. The van der Waals surface area contributed by atoms with E-state index in [4.69, 9.17) is 4.74 Å². The maximum atomic E-state index is 10.8. The molecule has 0 aromatic carbocycles. The van der Waals surface area contributed by atoms with Gasteiger partial charge in [-0.3, -0.25) is 4.79 Å². The molecule has 3 nitrogen and oxygen atoms in total. The van der Waals surface area contributed by atoms with Crippen LogP contribution in [0, 0.1) is 0 Å². The monoisotopic (exact) mass is 242 g/mol. The molecule has 0 N–H and O–H groups in total.